The van der Waals surface area contributed by atoms with Crippen molar-refractivity contribution in [1.82, 2.24) is 0 Å². The van der Waals surface area contributed by atoms with Crippen LogP contribution in [-0.4, -0.2) is 0 Å². The van der Waals surface area contributed by atoms with E-state index in [-0.39, 0.29) is 5.41 Å². The van der Waals surface area contributed by atoms with Crippen molar-refractivity contribution in [2.75, 3.05) is 0 Å². The van der Waals surface area contributed by atoms with Crippen LogP contribution in [0.5, 0.6) is 11.5 Å². The van der Waals surface area contributed by atoms with Gasteiger partial charge in [0.15, 0.2) is 0 Å². The van der Waals surface area contributed by atoms with Crippen LogP contribution in [0.2, 0.25) is 0 Å². The average Bonchev–Trinajstić information content (AvgIpc) is 2.39. The van der Waals surface area contributed by atoms with Crippen molar-refractivity contribution >= 4 is 15.9 Å². The highest BCUT2D eigenvalue weighted by atomic mass is 79.9. The van der Waals surface area contributed by atoms with Gasteiger partial charge < -0.3 is 10.5 Å². The molecule has 112 valence electrons. The first kappa shape index (κ1) is 16.1. The SMILES string of the molecule is Cc1cc(C(C)(C)C)ccc1Oc1cc(Br)cc(CN)c1. The van der Waals surface area contributed by atoms with Crippen molar-refractivity contribution in [2.24, 2.45) is 5.73 Å². The standard InChI is InChI=1S/C18H22BrNO/c1-12-7-14(18(2,3)4)5-6-17(12)21-16-9-13(11-20)8-15(19)10-16/h5-10H,11,20H2,1-4H3. The van der Waals surface area contributed by atoms with Gasteiger partial charge in [0.2, 0.25) is 0 Å². The van der Waals surface area contributed by atoms with E-state index in [1.807, 2.05) is 24.3 Å². The number of hydrogen-bond donors (Lipinski definition) is 1. The van der Waals surface area contributed by atoms with Gasteiger partial charge in [-0.05, 0) is 53.3 Å². The van der Waals surface area contributed by atoms with Crippen molar-refractivity contribution in [2.45, 2.75) is 39.7 Å². The van der Waals surface area contributed by atoms with Gasteiger partial charge in [0.25, 0.3) is 0 Å². The lowest BCUT2D eigenvalue weighted by molar-refractivity contribution is 0.476. The van der Waals surface area contributed by atoms with E-state index in [1.54, 1.807) is 0 Å². The maximum absolute atomic E-state index is 6.01. The van der Waals surface area contributed by atoms with Crippen LogP contribution in [0.25, 0.3) is 0 Å². The molecule has 0 aliphatic carbocycles. The van der Waals surface area contributed by atoms with Crippen LogP contribution in [-0.2, 0) is 12.0 Å². The highest BCUT2D eigenvalue weighted by molar-refractivity contribution is 9.10. The molecule has 0 heterocycles. The predicted octanol–water partition coefficient (Wildman–Crippen LogP) is 5.31. The number of aryl methyl sites for hydroxylation is 1. The van der Waals surface area contributed by atoms with Gasteiger partial charge >= 0.3 is 0 Å². The van der Waals surface area contributed by atoms with Gasteiger partial charge in [-0.2, -0.15) is 0 Å². The zero-order valence-electron chi connectivity index (χ0n) is 13.0. The van der Waals surface area contributed by atoms with Gasteiger partial charge in [-0.15, -0.1) is 0 Å². The molecule has 0 spiro atoms. The Labute approximate surface area is 135 Å². The van der Waals surface area contributed by atoms with Crippen LogP contribution in [0.1, 0.15) is 37.5 Å². The Bertz CT molecular complexity index is 644. The van der Waals surface area contributed by atoms with Crippen LogP contribution in [0, 0.1) is 6.92 Å². The Balaban J connectivity index is 2.30. The predicted molar refractivity (Wildman–Crippen MR) is 92.0 cm³/mol. The van der Waals surface area contributed by atoms with Crippen molar-refractivity contribution in [1.29, 1.82) is 0 Å². The summed E-state index contributed by atoms with van der Waals surface area (Å²) in [7, 11) is 0. The van der Waals surface area contributed by atoms with Gasteiger partial charge in [0.1, 0.15) is 11.5 Å². The molecule has 21 heavy (non-hydrogen) atoms. The minimum absolute atomic E-state index is 0.145. The summed E-state index contributed by atoms with van der Waals surface area (Å²) >= 11 is 3.49. The zero-order valence-corrected chi connectivity index (χ0v) is 14.6. The monoisotopic (exact) mass is 347 g/mol. The summed E-state index contributed by atoms with van der Waals surface area (Å²) in [6.07, 6.45) is 0. The van der Waals surface area contributed by atoms with Gasteiger partial charge in [0.05, 0.1) is 0 Å². The molecule has 0 aromatic heterocycles. The summed E-state index contributed by atoms with van der Waals surface area (Å²) in [4.78, 5) is 0. The van der Waals surface area contributed by atoms with Crippen LogP contribution in [0.3, 0.4) is 0 Å². The van der Waals surface area contributed by atoms with E-state index in [9.17, 15) is 0 Å². The second-order valence-electron chi connectivity index (χ2n) is 6.33. The number of benzene rings is 2. The Hall–Kier alpha value is -1.32. The molecule has 0 saturated carbocycles. The highest BCUT2D eigenvalue weighted by Crippen LogP contribution is 2.31. The number of hydrogen-bond acceptors (Lipinski definition) is 2. The van der Waals surface area contributed by atoms with E-state index in [2.05, 4.69) is 55.8 Å². The van der Waals surface area contributed by atoms with Crippen LogP contribution >= 0.6 is 15.9 Å². The molecule has 0 atom stereocenters. The quantitative estimate of drug-likeness (QED) is 0.816. The number of nitrogens with two attached hydrogens (primary N) is 1. The van der Waals surface area contributed by atoms with Gasteiger partial charge in [-0.1, -0.05) is 48.8 Å². The third-order valence-corrected chi connectivity index (χ3v) is 3.89. The summed E-state index contributed by atoms with van der Waals surface area (Å²) < 4.78 is 6.99. The van der Waals surface area contributed by atoms with E-state index in [4.69, 9.17) is 10.5 Å². The Kier molecular flexibility index (Phi) is 4.74. The molecule has 2 rings (SSSR count). The molecule has 0 saturated heterocycles. The van der Waals surface area contributed by atoms with Crippen LogP contribution < -0.4 is 10.5 Å². The maximum Gasteiger partial charge on any atom is 0.130 e. The molecular weight excluding hydrogens is 326 g/mol. The van der Waals surface area contributed by atoms with Crippen LogP contribution in [0.15, 0.2) is 40.9 Å². The third-order valence-electron chi connectivity index (χ3n) is 3.44. The summed E-state index contributed by atoms with van der Waals surface area (Å²) in [6, 6.07) is 12.3. The number of ether oxygens (including phenoxy) is 1. The molecule has 0 aliphatic rings. The Morgan fingerprint density at radius 3 is 2.38 bits per heavy atom. The molecule has 2 N–H and O–H groups in total. The topological polar surface area (TPSA) is 35.2 Å². The molecule has 0 unspecified atom stereocenters. The van der Waals surface area contributed by atoms with Crippen molar-refractivity contribution < 1.29 is 4.74 Å². The minimum Gasteiger partial charge on any atom is -0.457 e. The summed E-state index contributed by atoms with van der Waals surface area (Å²) in [6.45, 7) is 9.21. The van der Waals surface area contributed by atoms with Gasteiger partial charge in [-0.3, -0.25) is 0 Å². The van der Waals surface area contributed by atoms with Gasteiger partial charge in [0, 0.05) is 11.0 Å². The first-order chi connectivity index (χ1) is 9.79. The maximum atomic E-state index is 6.01. The fraction of sp³-hybridized carbons (Fsp3) is 0.333. The lowest BCUT2D eigenvalue weighted by Gasteiger charge is -2.20. The number of rotatable bonds is 3. The van der Waals surface area contributed by atoms with E-state index < -0.39 is 0 Å². The molecule has 2 aromatic rings. The van der Waals surface area contributed by atoms with Gasteiger partial charge in [-0.25, -0.2) is 0 Å². The summed E-state index contributed by atoms with van der Waals surface area (Å²) in [5.74, 6) is 1.68. The highest BCUT2D eigenvalue weighted by Gasteiger charge is 2.15. The molecule has 0 fully saturated rings. The van der Waals surface area contributed by atoms with Crippen molar-refractivity contribution in [3.05, 3.63) is 57.6 Å². The van der Waals surface area contributed by atoms with E-state index in [0.717, 1.165) is 27.1 Å². The Morgan fingerprint density at radius 1 is 1.10 bits per heavy atom. The average molecular weight is 348 g/mol. The normalized spacial score (nSPS) is 11.5. The second-order valence-corrected chi connectivity index (χ2v) is 7.25. The summed E-state index contributed by atoms with van der Waals surface area (Å²) in [5.41, 5.74) is 9.34. The molecule has 0 bridgehead atoms. The fourth-order valence-corrected chi connectivity index (χ4v) is 2.67. The molecule has 0 radical (unpaired) electrons. The zero-order chi connectivity index (χ0) is 15.6. The van der Waals surface area contributed by atoms with E-state index >= 15 is 0 Å². The molecular formula is C18H22BrNO. The lowest BCUT2D eigenvalue weighted by atomic mass is 9.86. The Morgan fingerprint density at radius 2 is 1.81 bits per heavy atom. The van der Waals surface area contributed by atoms with E-state index in [1.165, 1.54) is 5.56 Å². The lowest BCUT2D eigenvalue weighted by Crippen LogP contribution is -2.11. The molecule has 0 amide bonds. The largest absolute Gasteiger partial charge is 0.457 e. The third kappa shape index (κ3) is 4.08. The fourth-order valence-electron chi connectivity index (χ4n) is 2.15. The molecule has 0 aliphatic heterocycles. The first-order valence-corrected chi connectivity index (χ1v) is 7.87. The summed E-state index contributed by atoms with van der Waals surface area (Å²) in [5, 5.41) is 0. The smallest absolute Gasteiger partial charge is 0.130 e. The number of halogens is 1. The van der Waals surface area contributed by atoms with Crippen molar-refractivity contribution in [3.8, 4) is 11.5 Å². The molecule has 2 aromatic carbocycles. The molecule has 2 nitrogen and oxygen atoms in total. The second kappa shape index (κ2) is 6.20. The minimum atomic E-state index is 0.145. The van der Waals surface area contributed by atoms with Crippen molar-refractivity contribution in [3.63, 3.8) is 0 Å². The molecule has 3 heteroatoms. The first-order valence-electron chi connectivity index (χ1n) is 7.08. The van der Waals surface area contributed by atoms with Crippen LogP contribution in [0.4, 0.5) is 0 Å². The van der Waals surface area contributed by atoms with E-state index in [0.29, 0.717) is 6.54 Å².